The van der Waals surface area contributed by atoms with Crippen molar-refractivity contribution in [2.75, 3.05) is 63.7 Å². The van der Waals surface area contributed by atoms with Gasteiger partial charge in [0.2, 0.25) is 16.0 Å². The fraction of sp³-hybridized carbons (Fsp3) is 0.500. The summed E-state index contributed by atoms with van der Waals surface area (Å²) in [6.45, 7) is 4.49. The number of fused-ring (bicyclic) bond motifs is 1. The molecule has 0 spiro atoms. The Morgan fingerprint density at radius 2 is 1.66 bits per heavy atom. The molecule has 0 saturated carbocycles. The first-order valence-corrected chi connectivity index (χ1v) is 11.4. The minimum absolute atomic E-state index is 0.295. The number of hydrogen-bond acceptors (Lipinski definition) is 7. The van der Waals surface area contributed by atoms with Crippen molar-refractivity contribution in [2.45, 2.75) is 17.9 Å². The SMILES string of the molecule is CN1CCN(c2nc3c(c(N(C)C)n2)CN(S(=O)(=O)c2ccccc2)CC3)CC1. The van der Waals surface area contributed by atoms with Gasteiger partial charge in [0.15, 0.2) is 0 Å². The largest absolute Gasteiger partial charge is 0.362 e. The molecule has 9 heteroatoms. The highest BCUT2D eigenvalue weighted by Crippen LogP contribution is 2.31. The molecule has 1 fully saturated rings. The number of aromatic nitrogens is 2. The molecule has 8 nitrogen and oxygen atoms in total. The van der Waals surface area contributed by atoms with Gasteiger partial charge in [0.25, 0.3) is 0 Å². The van der Waals surface area contributed by atoms with Crippen LogP contribution in [0.25, 0.3) is 0 Å². The lowest BCUT2D eigenvalue weighted by atomic mass is 10.1. The highest BCUT2D eigenvalue weighted by atomic mass is 32.2. The molecule has 0 N–H and O–H groups in total. The maximum Gasteiger partial charge on any atom is 0.243 e. The minimum Gasteiger partial charge on any atom is -0.362 e. The number of nitrogens with zero attached hydrogens (tertiary/aromatic N) is 6. The lowest BCUT2D eigenvalue weighted by Crippen LogP contribution is -2.45. The first kappa shape index (κ1) is 20.1. The number of anilines is 2. The molecule has 0 atom stereocenters. The van der Waals surface area contributed by atoms with Crippen LogP contribution in [0.4, 0.5) is 11.8 Å². The van der Waals surface area contributed by atoms with E-state index >= 15 is 0 Å². The summed E-state index contributed by atoms with van der Waals surface area (Å²) < 4.78 is 27.7. The van der Waals surface area contributed by atoms with Crippen molar-refractivity contribution in [1.29, 1.82) is 0 Å². The van der Waals surface area contributed by atoms with E-state index in [1.807, 2.05) is 25.1 Å². The zero-order chi connectivity index (χ0) is 20.6. The van der Waals surface area contributed by atoms with Crippen molar-refractivity contribution in [3.05, 3.63) is 41.6 Å². The van der Waals surface area contributed by atoms with E-state index in [0.29, 0.717) is 24.4 Å². The van der Waals surface area contributed by atoms with Gasteiger partial charge in [-0.1, -0.05) is 18.2 Å². The second-order valence-corrected chi connectivity index (χ2v) is 9.80. The van der Waals surface area contributed by atoms with E-state index in [-0.39, 0.29) is 0 Å². The summed E-state index contributed by atoms with van der Waals surface area (Å²) in [5, 5.41) is 0. The average molecular weight is 417 g/mol. The lowest BCUT2D eigenvalue weighted by molar-refractivity contribution is 0.310. The van der Waals surface area contributed by atoms with Crippen LogP contribution in [0, 0.1) is 0 Å². The van der Waals surface area contributed by atoms with E-state index in [4.69, 9.17) is 9.97 Å². The van der Waals surface area contributed by atoms with Gasteiger partial charge in [0, 0.05) is 65.3 Å². The number of benzene rings is 1. The standard InChI is InChI=1S/C20H28N6O2S/c1-23(2)19-17-15-26(29(27,28)16-7-5-4-6-8-16)10-9-18(17)21-20(22-19)25-13-11-24(3)12-14-25/h4-8H,9-15H2,1-3H3. The fourth-order valence-electron chi connectivity index (χ4n) is 3.82. The molecular formula is C20H28N6O2S. The third-order valence-corrected chi connectivity index (χ3v) is 7.44. The first-order valence-electron chi connectivity index (χ1n) is 9.92. The summed E-state index contributed by atoms with van der Waals surface area (Å²) in [6.07, 6.45) is 0.589. The van der Waals surface area contributed by atoms with Crippen LogP contribution in [-0.2, 0) is 23.0 Å². The molecule has 4 rings (SSSR count). The topological polar surface area (TPSA) is 72.9 Å². The van der Waals surface area contributed by atoms with Gasteiger partial charge >= 0.3 is 0 Å². The summed E-state index contributed by atoms with van der Waals surface area (Å²) in [4.78, 5) is 16.5. The molecule has 1 aromatic carbocycles. The Kier molecular flexibility index (Phi) is 5.46. The van der Waals surface area contributed by atoms with Crippen molar-refractivity contribution in [3.63, 3.8) is 0 Å². The quantitative estimate of drug-likeness (QED) is 0.737. The molecule has 2 aliphatic heterocycles. The summed E-state index contributed by atoms with van der Waals surface area (Å²) in [7, 11) is 2.47. The molecule has 0 bridgehead atoms. The second kappa shape index (κ2) is 7.89. The van der Waals surface area contributed by atoms with Gasteiger partial charge in [-0.25, -0.2) is 13.4 Å². The average Bonchev–Trinajstić information content (AvgIpc) is 2.73. The first-order chi connectivity index (χ1) is 13.9. The summed E-state index contributed by atoms with van der Waals surface area (Å²) in [5.74, 6) is 1.55. The lowest BCUT2D eigenvalue weighted by Gasteiger charge is -2.35. The smallest absolute Gasteiger partial charge is 0.243 e. The van der Waals surface area contributed by atoms with Gasteiger partial charge in [0.05, 0.1) is 10.6 Å². The van der Waals surface area contributed by atoms with Crippen LogP contribution in [0.1, 0.15) is 11.3 Å². The Bertz CT molecular complexity index is 972. The molecule has 156 valence electrons. The van der Waals surface area contributed by atoms with E-state index < -0.39 is 10.0 Å². The van der Waals surface area contributed by atoms with E-state index in [9.17, 15) is 8.42 Å². The molecule has 0 aliphatic carbocycles. The Balaban J connectivity index is 1.66. The van der Waals surface area contributed by atoms with Crippen LogP contribution >= 0.6 is 0 Å². The maximum absolute atomic E-state index is 13.1. The highest BCUT2D eigenvalue weighted by Gasteiger charge is 2.32. The van der Waals surface area contributed by atoms with Gasteiger partial charge in [-0.15, -0.1) is 0 Å². The third-order valence-electron chi connectivity index (χ3n) is 5.58. The van der Waals surface area contributed by atoms with Gasteiger partial charge in [-0.3, -0.25) is 0 Å². The van der Waals surface area contributed by atoms with Gasteiger partial charge in [0.1, 0.15) is 5.82 Å². The van der Waals surface area contributed by atoms with Crippen molar-refractivity contribution in [3.8, 4) is 0 Å². The normalized spacial score (nSPS) is 18.5. The number of likely N-dealkylation sites (N-methyl/N-ethyl adjacent to an activating group) is 1. The monoisotopic (exact) mass is 416 g/mol. The van der Waals surface area contributed by atoms with E-state index in [1.54, 1.807) is 24.3 Å². The Hall–Kier alpha value is -2.23. The van der Waals surface area contributed by atoms with Crippen molar-refractivity contribution in [1.82, 2.24) is 19.2 Å². The molecule has 2 aliphatic rings. The van der Waals surface area contributed by atoms with Crippen molar-refractivity contribution >= 4 is 21.8 Å². The van der Waals surface area contributed by atoms with E-state index in [0.717, 1.165) is 49.2 Å². The predicted molar refractivity (Wildman–Crippen MR) is 114 cm³/mol. The van der Waals surface area contributed by atoms with Crippen LogP contribution < -0.4 is 9.80 Å². The molecule has 0 unspecified atom stereocenters. The molecule has 1 saturated heterocycles. The number of hydrogen-bond donors (Lipinski definition) is 0. The van der Waals surface area contributed by atoms with E-state index in [2.05, 4.69) is 16.8 Å². The zero-order valence-corrected chi connectivity index (χ0v) is 18.1. The van der Waals surface area contributed by atoms with Gasteiger partial charge in [-0.05, 0) is 19.2 Å². The number of rotatable bonds is 4. The molecule has 29 heavy (non-hydrogen) atoms. The van der Waals surface area contributed by atoms with Crippen LogP contribution in [-0.4, -0.2) is 81.5 Å². The Morgan fingerprint density at radius 3 is 2.31 bits per heavy atom. The number of sulfonamides is 1. The summed E-state index contributed by atoms with van der Waals surface area (Å²) in [6, 6.07) is 8.61. The van der Waals surface area contributed by atoms with Gasteiger partial charge in [-0.2, -0.15) is 9.29 Å². The third kappa shape index (κ3) is 3.94. The van der Waals surface area contributed by atoms with E-state index in [1.165, 1.54) is 4.31 Å². The van der Waals surface area contributed by atoms with Crippen LogP contribution in [0.2, 0.25) is 0 Å². The van der Waals surface area contributed by atoms with Crippen LogP contribution in [0.15, 0.2) is 35.2 Å². The molecule has 3 heterocycles. The van der Waals surface area contributed by atoms with Crippen LogP contribution in [0.3, 0.4) is 0 Å². The minimum atomic E-state index is -3.54. The fourth-order valence-corrected chi connectivity index (χ4v) is 5.25. The Morgan fingerprint density at radius 1 is 0.966 bits per heavy atom. The zero-order valence-electron chi connectivity index (χ0n) is 17.2. The second-order valence-electron chi connectivity index (χ2n) is 7.86. The van der Waals surface area contributed by atoms with Crippen LogP contribution in [0.5, 0.6) is 0 Å². The Labute approximate surface area is 172 Å². The number of piperazine rings is 1. The van der Waals surface area contributed by atoms with Gasteiger partial charge < -0.3 is 14.7 Å². The van der Waals surface area contributed by atoms with Crippen molar-refractivity contribution in [2.24, 2.45) is 0 Å². The highest BCUT2D eigenvalue weighted by molar-refractivity contribution is 7.89. The molecule has 0 amide bonds. The summed E-state index contributed by atoms with van der Waals surface area (Å²) >= 11 is 0. The molecule has 2 aromatic rings. The van der Waals surface area contributed by atoms with Crippen molar-refractivity contribution < 1.29 is 8.42 Å². The molecule has 1 aromatic heterocycles. The summed E-state index contributed by atoms with van der Waals surface area (Å²) in [5.41, 5.74) is 1.86. The molecule has 0 radical (unpaired) electrons. The predicted octanol–water partition coefficient (Wildman–Crippen LogP) is 1.04. The maximum atomic E-state index is 13.1. The molecular weight excluding hydrogens is 388 g/mol.